The lowest BCUT2D eigenvalue weighted by Gasteiger charge is -2.33. The standard InChI is InChI=1S/C15H25BrN2O3/c1-10(9-19-3)18(2)13(8-17)11-6-14(20-4)15(21-5)7-12(11)16/h6-7,10,13H,8-9,17H2,1-5H3. The molecule has 2 N–H and O–H groups in total. The zero-order chi connectivity index (χ0) is 16.0. The third-order valence-electron chi connectivity index (χ3n) is 3.68. The number of halogens is 1. The van der Waals surface area contributed by atoms with Crippen molar-refractivity contribution in [2.45, 2.75) is 19.0 Å². The van der Waals surface area contributed by atoms with E-state index in [-0.39, 0.29) is 12.1 Å². The monoisotopic (exact) mass is 360 g/mol. The van der Waals surface area contributed by atoms with Crippen LogP contribution in [0.1, 0.15) is 18.5 Å². The van der Waals surface area contributed by atoms with Crippen molar-refractivity contribution >= 4 is 15.9 Å². The van der Waals surface area contributed by atoms with Gasteiger partial charge in [0.05, 0.1) is 20.8 Å². The number of nitrogens with two attached hydrogens (primary N) is 1. The molecule has 1 aromatic carbocycles. The zero-order valence-corrected chi connectivity index (χ0v) is 14.9. The quantitative estimate of drug-likeness (QED) is 0.771. The topological polar surface area (TPSA) is 57.0 Å². The number of hydrogen-bond acceptors (Lipinski definition) is 5. The summed E-state index contributed by atoms with van der Waals surface area (Å²) in [7, 11) is 7.00. The predicted molar refractivity (Wildman–Crippen MR) is 88.1 cm³/mol. The van der Waals surface area contributed by atoms with Gasteiger partial charge >= 0.3 is 0 Å². The fraction of sp³-hybridized carbons (Fsp3) is 0.600. The van der Waals surface area contributed by atoms with Crippen LogP contribution < -0.4 is 15.2 Å². The van der Waals surface area contributed by atoms with Gasteiger partial charge in [0.2, 0.25) is 0 Å². The van der Waals surface area contributed by atoms with Gasteiger partial charge in [-0.3, -0.25) is 4.90 Å². The van der Waals surface area contributed by atoms with Crippen LogP contribution in [0.3, 0.4) is 0 Å². The second kappa shape index (κ2) is 8.58. The fourth-order valence-corrected chi connectivity index (χ4v) is 2.89. The van der Waals surface area contributed by atoms with E-state index in [1.54, 1.807) is 21.3 Å². The van der Waals surface area contributed by atoms with Crippen molar-refractivity contribution in [3.63, 3.8) is 0 Å². The molecule has 0 radical (unpaired) electrons. The number of benzene rings is 1. The molecule has 5 nitrogen and oxygen atoms in total. The van der Waals surface area contributed by atoms with E-state index in [4.69, 9.17) is 19.9 Å². The molecule has 0 bridgehead atoms. The van der Waals surface area contributed by atoms with E-state index in [0.717, 1.165) is 10.0 Å². The van der Waals surface area contributed by atoms with Gasteiger partial charge < -0.3 is 19.9 Å². The third kappa shape index (κ3) is 4.32. The minimum atomic E-state index is 0.0596. The van der Waals surface area contributed by atoms with Gasteiger partial charge in [0.15, 0.2) is 11.5 Å². The second-order valence-corrected chi connectivity index (χ2v) is 5.80. The number of methoxy groups -OCH3 is 3. The number of nitrogens with zero attached hydrogens (tertiary/aromatic N) is 1. The molecule has 0 saturated heterocycles. The largest absolute Gasteiger partial charge is 0.493 e. The SMILES string of the molecule is COCC(C)N(C)C(CN)c1cc(OC)c(OC)cc1Br. The van der Waals surface area contributed by atoms with Gasteiger partial charge in [-0.05, 0) is 31.7 Å². The molecule has 2 unspecified atom stereocenters. The van der Waals surface area contributed by atoms with Crippen LogP contribution >= 0.6 is 15.9 Å². The molecule has 21 heavy (non-hydrogen) atoms. The van der Waals surface area contributed by atoms with Crippen molar-refractivity contribution in [2.24, 2.45) is 5.73 Å². The number of rotatable bonds is 8. The average Bonchev–Trinajstić information content (AvgIpc) is 2.49. The van der Waals surface area contributed by atoms with Crippen molar-refractivity contribution < 1.29 is 14.2 Å². The fourth-order valence-electron chi connectivity index (χ4n) is 2.30. The summed E-state index contributed by atoms with van der Waals surface area (Å²) in [6, 6.07) is 4.19. The Balaban J connectivity index is 3.15. The highest BCUT2D eigenvalue weighted by molar-refractivity contribution is 9.10. The van der Waals surface area contributed by atoms with Crippen LogP contribution in [0.4, 0.5) is 0 Å². The Kier molecular flexibility index (Phi) is 7.45. The summed E-state index contributed by atoms with van der Waals surface area (Å²) in [5.74, 6) is 1.39. The van der Waals surface area contributed by atoms with E-state index >= 15 is 0 Å². The van der Waals surface area contributed by atoms with E-state index in [1.807, 2.05) is 19.2 Å². The Labute approximate surface area is 135 Å². The van der Waals surface area contributed by atoms with Crippen LogP contribution in [0.5, 0.6) is 11.5 Å². The molecule has 0 saturated carbocycles. The first-order valence-corrected chi connectivity index (χ1v) is 7.61. The Morgan fingerprint density at radius 2 is 1.76 bits per heavy atom. The highest BCUT2D eigenvalue weighted by Gasteiger charge is 2.24. The first kappa shape index (κ1) is 18.2. The van der Waals surface area contributed by atoms with Gasteiger partial charge in [-0.15, -0.1) is 0 Å². The van der Waals surface area contributed by atoms with Crippen LogP contribution in [0.25, 0.3) is 0 Å². The van der Waals surface area contributed by atoms with Crippen molar-refractivity contribution in [2.75, 3.05) is 41.5 Å². The molecular weight excluding hydrogens is 336 g/mol. The first-order valence-electron chi connectivity index (χ1n) is 6.82. The molecule has 6 heteroatoms. The minimum Gasteiger partial charge on any atom is -0.493 e. The summed E-state index contributed by atoms with van der Waals surface area (Å²) in [6.45, 7) is 3.26. The summed E-state index contributed by atoms with van der Waals surface area (Å²) in [5, 5.41) is 0. The molecule has 0 aliphatic carbocycles. The van der Waals surface area contributed by atoms with Gasteiger partial charge in [0, 0.05) is 30.2 Å². The summed E-state index contributed by atoms with van der Waals surface area (Å²) in [6.07, 6.45) is 0. The molecule has 1 aromatic rings. The van der Waals surface area contributed by atoms with Crippen LogP contribution in [-0.2, 0) is 4.74 Å². The number of ether oxygens (including phenoxy) is 3. The lowest BCUT2D eigenvalue weighted by Crippen LogP contribution is -2.39. The maximum absolute atomic E-state index is 6.00. The molecule has 0 amide bonds. The van der Waals surface area contributed by atoms with Crippen LogP contribution in [0, 0.1) is 0 Å². The highest BCUT2D eigenvalue weighted by Crippen LogP contribution is 2.37. The molecule has 0 heterocycles. The third-order valence-corrected chi connectivity index (χ3v) is 4.37. The molecule has 0 aromatic heterocycles. The molecule has 0 spiro atoms. The predicted octanol–water partition coefficient (Wildman–Crippen LogP) is 2.43. The Bertz CT molecular complexity index is 457. The molecule has 0 aliphatic rings. The van der Waals surface area contributed by atoms with Crippen molar-refractivity contribution in [1.82, 2.24) is 4.90 Å². The molecule has 0 aliphatic heterocycles. The molecule has 2 atom stereocenters. The van der Waals surface area contributed by atoms with E-state index in [1.165, 1.54) is 0 Å². The van der Waals surface area contributed by atoms with Gasteiger partial charge in [0.1, 0.15) is 0 Å². The zero-order valence-electron chi connectivity index (χ0n) is 13.4. The minimum absolute atomic E-state index is 0.0596. The van der Waals surface area contributed by atoms with Gasteiger partial charge in [-0.1, -0.05) is 15.9 Å². The summed E-state index contributed by atoms with van der Waals surface area (Å²) >= 11 is 3.60. The Morgan fingerprint density at radius 3 is 2.24 bits per heavy atom. The number of likely N-dealkylation sites (N-methyl/N-ethyl adjacent to an activating group) is 1. The molecular formula is C15H25BrN2O3. The molecule has 0 fully saturated rings. The van der Waals surface area contributed by atoms with Crippen LogP contribution in [0.15, 0.2) is 16.6 Å². The highest BCUT2D eigenvalue weighted by atomic mass is 79.9. The van der Waals surface area contributed by atoms with E-state index in [9.17, 15) is 0 Å². The van der Waals surface area contributed by atoms with Gasteiger partial charge in [0.25, 0.3) is 0 Å². The van der Waals surface area contributed by atoms with Crippen molar-refractivity contribution in [3.8, 4) is 11.5 Å². The van der Waals surface area contributed by atoms with Gasteiger partial charge in [-0.25, -0.2) is 0 Å². The van der Waals surface area contributed by atoms with Crippen molar-refractivity contribution in [1.29, 1.82) is 0 Å². The van der Waals surface area contributed by atoms with Crippen molar-refractivity contribution in [3.05, 3.63) is 22.2 Å². The summed E-state index contributed by atoms with van der Waals surface area (Å²) in [4.78, 5) is 2.20. The van der Waals surface area contributed by atoms with Crippen LogP contribution in [0.2, 0.25) is 0 Å². The maximum atomic E-state index is 6.00. The normalized spacial score (nSPS) is 14.1. The Hall–Kier alpha value is -0.820. The smallest absolute Gasteiger partial charge is 0.161 e. The van der Waals surface area contributed by atoms with E-state index < -0.39 is 0 Å². The average molecular weight is 361 g/mol. The molecule has 120 valence electrons. The maximum Gasteiger partial charge on any atom is 0.161 e. The first-order chi connectivity index (χ1) is 9.99. The molecule has 1 rings (SSSR count). The Morgan fingerprint density at radius 1 is 1.19 bits per heavy atom. The van der Waals surface area contributed by atoms with E-state index in [2.05, 4.69) is 27.8 Å². The van der Waals surface area contributed by atoms with Crippen LogP contribution in [-0.4, -0.2) is 52.5 Å². The lowest BCUT2D eigenvalue weighted by atomic mass is 10.0. The lowest BCUT2D eigenvalue weighted by molar-refractivity contribution is 0.0907. The number of hydrogen-bond donors (Lipinski definition) is 1. The second-order valence-electron chi connectivity index (χ2n) is 4.95. The van der Waals surface area contributed by atoms with Gasteiger partial charge in [-0.2, -0.15) is 0 Å². The summed E-state index contributed by atoms with van der Waals surface area (Å²) in [5.41, 5.74) is 7.07. The van der Waals surface area contributed by atoms with E-state index in [0.29, 0.717) is 24.7 Å². The summed E-state index contributed by atoms with van der Waals surface area (Å²) < 4.78 is 16.9.